The van der Waals surface area contributed by atoms with Crippen LogP contribution >= 0.6 is 11.6 Å². The summed E-state index contributed by atoms with van der Waals surface area (Å²) in [4.78, 5) is 0.815. The van der Waals surface area contributed by atoms with Gasteiger partial charge in [0.15, 0.2) is 0 Å². The van der Waals surface area contributed by atoms with Gasteiger partial charge in [0.25, 0.3) is 0 Å². The van der Waals surface area contributed by atoms with E-state index in [-0.39, 0.29) is 0 Å². The predicted octanol–water partition coefficient (Wildman–Crippen LogP) is 14.9. The van der Waals surface area contributed by atoms with Crippen LogP contribution in [0.2, 0.25) is 5.02 Å². The van der Waals surface area contributed by atoms with Crippen LogP contribution in [0.25, 0.3) is 0 Å². The van der Waals surface area contributed by atoms with E-state index in [1.165, 1.54) is 27.8 Å². The summed E-state index contributed by atoms with van der Waals surface area (Å²) in [6.07, 6.45) is 13.3. The molecule has 2 atom stereocenters. The summed E-state index contributed by atoms with van der Waals surface area (Å²) in [5.41, 5.74) is 11.7. The highest BCUT2D eigenvalue weighted by Crippen LogP contribution is 2.20. The van der Waals surface area contributed by atoms with Crippen molar-refractivity contribution in [2.45, 2.75) is 77.9 Å². The van der Waals surface area contributed by atoms with Gasteiger partial charge in [0.05, 0.1) is 14.2 Å². The maximum Gasteiger partial charge on any atom is 0.222 e. The second kappa shape index (κ2) is 39.1. The third-order valence-electron chi connectivity index (χ3n) is 8.74. The van der Waals surface area contributed by atoms with Crippen molar-refractivity contribution in [1.29, 1.82) is 0 Å². The monoisotopic (exact) mass is 1110 g/mol. The van der Waals surface area contributed by atoms with E-state index in [4.69, 9.17) is 26.3 Å². The van der Waals surface area contributed by atoms with Crippen LogP contribution in [0.15, 0.2) is 224 Å². The van der Waals surface area contributed by atoms with Gasteiger partial charge in [-0.2, -0.15) is 0 Å². The van der Waals surface area contributed by atoms with Gasteiger partial charge >= 0.3 is 0 Å². The number of benzene rings is 5. The van der Waals surface area contributed by atoms with Gasteiger partial charge in [0, 0.05) is 57.6 Å². The highest BCUT2D eigenvalue weighted by Gasteiger charge is 2.02. The average Bonchev–Trinajstić information content (AvgIpc) is 3.30. The van der Waals surface area contributed by atoms with Gasteiger partial charge in [0.2, 0.25) is 12.4 Å². The van der Waals surface area contributed by atoms with E-state index in [9.17, 15) is 12.6 Å². The fourth-order valence-electron chi connectivity index (χ4n) is 5.78. The number of hydrogen-bond donors (Lipinski definition) is 1. The van der Waals surface area contributed by atoms with E-state index in [0.717, 1.165) is 79.7 Å². The molecular weight excluding hydrogens is 1020 g/mol. The smallest absolute Gasteiger partial charge is 0.222 e. The summed E-state index contributed by atoms with van der Waals surface area (Å²) < 4.78 is 43.9. The first-order valence-electron chi connectivity index (χ1n) is 24.1. The molecular formula is C65H89ClNO6S3+. The Kier molecular flexibility index (Phi) is 37.0. The molecule has 414 valence electrons. The van der Waals surface area contributed by atoms with Gasteiger partial charge < -0.3 is 9.47 Å². The van der Waals surface area contributed by atoms with Gasteiger partial charge in [-0.15, -0.1) is 6.58 Å². The molecule has 0 bridgehead atoms. The van der Waals surface area contributed by atoms with Crippen LogP contribution in [0.5, 0.6) is 11.5 Å². The molecule has 1 heterocycles. The number of allylic oxidation sites excluding steroid dienone is 5. The van der Waals surface area contributed by atoms with Crippen molar-refractivity contribution < 1.29 is 32.0 Å². The maximum atomic E-state index is 11.3. The molecule has 6 aromatic rings. The Hall–Kier alpha value is -6.30. The number of hydrogen-bond acceptors (Lipinski definition) is 6. The predicted molar refractivity (Wildman–Crippen MR) is 340 cm³/mol. The van der Waals surface area contributed by atoms with Crippen LogP contribution < -0.4 is 14.2 Å². The van der Waals surface area contributed by atoms with Crippen LogP contribution in [0.3, 0.4) is 0 Å². The molecule has 0 radical (unpaired) electrons. The number of nitrogens with zero attached hydrogens (tertiary/aromatic N) is 1. The molecule has 1 aromatic heterocycles. The molecule has 0 spiro atoms. The molecule has 0 fully saturated rings. The molecule has 0 saturated heterocycles. The zero-order valence-electron chi connectivity index (χ0n) is 47.7. The average molecular weight is 1110 g/mol. The fourth-order valence-corrected chi connectivity index (χ4v) is 7.62. The maximum absolute atomic E-state index is 11.3. The van der Waals surface area contributed by atoms with Gasteiger partial charge in [0.1, 0.15) is 11.5 Å². The normalized spacial score (nSPS) is 11.3. The zero-order chi connectivity index (χ0) is 58.5. The molecule has 11 heteroatoms. The van der Waals surface area contributed by atoms with Gasteiger partial charge in [-0.1, -0.05) is 163 Å². The topological polar surface area (TPSA) is 93.8 Å². The molecule has 76 heavy (non-hydrogen) atoms. The number of ether oxygens (including phenoxy) is 2. The molecule has 0 aliphatic rings. The first-order chi connectivity index (χ1) is 35.3. The van der Waals surface area contributed by atoms with E-state index in [2.05, 4.69) is 68.7 Å². The second-order valence-electron chi connectivity index (χ2n) is 19.1. The van der Waals surface area contributed by atoms with E-state index < -0.39 is 28.6 Å². The Morgan fingerprint density at radius 3 is 1.24 bits per heavy atom. The van der Waals surface area contributed by atoms with Crippen molar-refractivity contribution in [3.63, 3.8) is 0 Å². The van der Waals surface area contributed by atoms with E-state index >= 15 is 0 Å². The Morgan fingerprint density at radius 1 is 0.500 bits per heavy atom. The fraction of sp³-hybridized carbons (Fsp3) is 0.262. The first-order valence-corrected chi connectivity index (χ1v) is 31.5. The molecule has 6 rings (SSSR count). The minimum absolute atomic E-state index is 0.577. The number of para-hydroxylation sites is 1. The first kappa shape index (κ1) is 71.8. The number of pyridine rings is 1. The van der Waals surface area contributed by atoms with Crippen LogP contribution in [0.1, 0.15) is 69.4 Å². The van der Waals surface area contributed by atoms with Gasteiger partial charge in [-0.3, -0.25) is 17.8 Å². The van der Waals surface area contributed by atoms with Crippen LogP contribution in [-0.2, 0) is 60.0 Å². The molecule has 5 aromatic carbocycles. The number of rotatable bonds is 13. The number of methoxy groups -OCH3 is 2. The minimum Gasteiger partial charge on any atom is -0.497 e. The van der Waals surface area contributed by atoms with E-state index in [1.807, 2.05) is 169 Å². The highest BCUT2D eigenvalue weighted by atomic mass is 35.5. The van der Waals surface area contributed by atoms with Crippen LogP contribution in [-0.4, -0.2) is 74.7 Å². The van der Waals surface area contributed by atoms with Gasteiger partial charge in [-0.05, 0) is 178 Å². The Balaban J connectivity index is 0. The molecule has 7 nitrogen and oxygen atoms in total. The molecule has 1 N–H and O–H groups in total. The molecule has 0 aliphatic carbocycles. The Bertz CT molecular complexity index is 2970. The molecule has 0 amide bonds. The summed E-state index contributed by atoms with van der Waals surface area (Å²) in [5.74, 6) is 12.9. The SMILES string of the molecule is C=C(C)C.C=C(C)Cc1cc[n+](O)cc1.C=C(C)Cc1ccc(OC)cc1.C=C(C)Cc1ccccc1Cl.C=C(C)Cc1ccccc1OC.C=S(C)(=O)Cc1ccccc1.C=S(C)(=O)c1ccccc1.C=S(C)(C)=O. The van der Waals surface area contributed by atoms with Crippen molar-refractivity contribution in [3.05, 3.63) is 252 Å². The second-order valence-corrected chi connectivity index (χ2v) is 27.6. The van der Waals surface area contributed by atoms with Crippen LogP contribution in [0.4, 0.5) is 0 Å². The lowest BCUT2D eigenvalue weighted by molar-refractivity contribution is -0.904. The third-order valence-corrected chi connectivity index (χ3v) is 11.3. The summed E-state index contributed by atoms with van der Waals surface area (Å²) in [6, 6.07) is 46.7. The lowest BCUT2D eigenvalue weighted by Crippen LogP contribution is -2.27. The largest absolute Gasteiger partial charge is 0.497 e. The zero-order valence-corrected chi connectivity index (χ0v) is 50.9. The number of aromatic nitrogens is 1. The molecule has 0 aliphatic heterocycles. The van der Waals surface area contributed by atoms with Crippen molar-refractivity contribution in [3.8, 4) is 11.5 Å². The standard InChI is InChI=1S/2C11H14O.C10H11Cl.C9H12NO.C9H12OS.C8H10OS.C4H8.C3H8OS/c1-9(2)8-10-4-6-11(12-3)7-5-10;1-9(2)8-10-6-4-5-7-11(10)12-3;1-8(2)7-9-5-3-4-6-10(9)11;1-8(2)7-9-3-5-10(11)6-4-9;1-11(2,10)8-9-6-4-3-5-7-9;1-10(2,9)8-6-4-3-5-7-8;1-4(2)3;1-5(2,3)4/h2*4-7H,1,8H2,2-3H3;3-6H,1,7H2,2H3;3-6,11H,1,7H2,2H3;3-7H,1,8H2,2H3;3-7H,1H2,2H3;1H2,2-3H3;1H2,2-3H3/q;;;+1;;;;. The summed E-state index contributed by atoms with van der Waals surface area (Å²) in [5, 5.41) is 9.71. The molecule has 2 unspecified atom stereocenters. The van der Waals surface area contributed by atoms with E-state index in [1.54, 1.807) is 51.6 Å². The van der Waals surface area contributed by atoms with Crippen molar-refractivity contribution in [2.24, 2.45) is 0 Å². The van der Waals surface area contributed by atoms with Crippen molar-refractivity contribution in [2.75, 3.05) is 39.2 Å². The van der Waals surface area contributed by atoms with Crippen LogP contribution in [0, 0.1) is 0 Å². The van der Waals surface area contributed by atoms with Crippen molar-refractivity contribution >= 4 is 57.8 Å². The minimum atomic E-state index is -2.00. The highest BCUT2D eigenvalue weighted by molar-refractivity contribution is 7.99. The Labute approximate surface area is 467 Å². The third kappa shape index (κ3) is 44.0. The molecule has 0 saturated carbocycles. The summed E-state index contributed by atoms with van der Waals surface area (Å²) >= 11 is 5.93. The van der Waals surface area contributed by atoms with Crippen molar-refractivity contribution in [1.82, 2.24) is 0 Å². The lowest BCUT2D eigenvalue weighted by atomic mass is 10.1. The number of halogens is 1. The van der Waals surface area contributed by atoms with Gasteiger partial charge in [-0.25, -0.2) is 0 Å². The Morgan fingerprint density at radius 2 is 0.868 bits per heavy atom. The summed E-state index contributed by atoms with van der Waals surface area (Å²) in [7, 11) is -2.18. The quantitative estimate of drug-likeness (QED) is 0.0536. The summed E-state index contributed by atoms with van der Waals surface area (Å²) in [6.45, 7) is 30.9. The lowest BCUT2D eigenvalue weighted by Gasteiger charge is -2.06. The van der Waals surface area contributed by atoms with E-state index in [0.29, 0.717) is 5.75 Å².